The third-order valence-corrected chi connectivity index (χ3v) is 1.87. The average Bonchev–Trinajstić information content (AvgIpc) is 1.88. The lowest BCUT2D eigenvalue weighted by atomic mass is 10.2. The second-order valence-electron chi connectivity index (χ2n) is 2.31. The fourth-order valence-electron chi connectivity index (χ4n) is 1.05. The number of hydrogen-bond donors (Lipinski definition) is 1. The monoisotopic (exact) mass is 164 g/mol. The molecule has 0 saturated carbocycles. The molecule has 1 saturated heterocycles. The van der Waals surface area contributed by atoms with Crippen LogP contribution in [-0.4, -0.2) is 23.0 Å². The first-order chi connectivity index (χ1) is 4.79. The Labute approximate surface area is 60.7 Å². The van der Waals surface area contributed by atoms with Crippen molar-refractivity contribution in [3.63, 3.8) is 0 Å². The molecule has 10 heavy (non-hydrogen) atoms. The summed E-state index contributed by atoms with van der Waals surface area (Å²) in [5, 5.41) is 1.56. The van der Waals surface area contributed by atoms with E-state index in [1.54, 1.807) is 5.06 Å². The number of hydrogen-bond acceptors (Lipinski definition) is 3. The Kier molecular flexibility index (Phi) is 3.22. The summed E-state index contributed by atoms with van der Waals surface area (Å²) < 4.78 is 14.7. The van der Waals surface area contributed by atoms with E-state index in [1.807, 2.05) is 0 Å². The van der Waals surface area contributed by atoms with E-state index in [0.717, 1.165) is 25.9 Å². The molecule has 0 bridgehead atoms. The Morgan fingerprint density at radius 2 is 1.90 bits per heavy atom. The van der Waals surface area contributed by atoms with Crippen LogP contribution < -0.4 is 0 Å². The van der Waals surface area contributed by atoms with Crippen molar-refractivity contribution in [2.24, 2.45) is 0 Å². The van der Waals surface area contributed by atoms with Crippen molar-refractivity contribution in [2.75, 3.05) is 13.1 Å². The molecule has 1 aliphatic rings. The highest BCUT2D eigenvalue weighted by atomic mass is 31.1. The van der Waals surface area contributed by atoms with E-state index in [4.69, 9.17) is 4.89 Å². The van der Waals surface area contributed by atoms with Crippen molar-refractivity contribution in [3.8, 4) is 0 Å². The Balaban J connectivity index is 2.19. The molecule has 0 aromatic carbocycles. The predicted octanol–water partition coefficient (Wildman–Crippen LogP) is 1.05. The van der Waals surface area contributed by atoms with Gasteiger partial charge in [0.05, 0.1) is 0 Å². The summed E-state index contributed by atoms with van der Waals surface area (Å²) in [6.07, 6.45) is 3.31. The van der Waals surface area contributed by atoms with Gasteiger partial charge in [-0.1, -0.05) is 6.42 Å². The molecule has 1 aliphatic heterocycles. The third kappa shape index (κ3) is 2.71. The maximum atomic E-state index is 10.2. The van der Waals surface area contributed by atoms with E-state index in [9.17, 15) is 4.57 Å². The minimum atomic E-state index is -2.45. The lowest BCUT2D eigenvalue weighted by molar-refractivity contribution is -0.0733. The van der Waals surface area contributed by atoms with Gasteiger partial charge in [-0.15, -0.1) is 9.96 Å². The zero-order valence-corrected chi connectivity index (χ0v) is 6.59. The van der Waals surface area contributed by atoms with Crippen LogP contribution in [0.5, 0.6) is 0 Å². The Morgan fingerprint density at radius 3 is 2.40 bits per heavy atom. The maximum Gasteiger partial charge on any atom is 0.713 e. The number of hydroxylamine groups is 2. The smallest absolute Gasteiger partial charge is 0.136 e. The summed E-state index contributed by atoms with van der Waals surface area (Å²) in [6, 6.07) is 0. The minimum Gasteiger partial charge on any atom is -0.136 e. The van der Waals surface area contributed by atoms with Crippen LogP contribution in [0.1, 0.15) is 19.3 Å². The normalized spacial score (nSPS) is 22.7. The summed E-state index contributed by atoms with van der Waals surface area (Å²) in [7, 11) is -2.45. The molecule has 1 N–H and O–H groups in total. The lowest BCUT2D eigenvalue weighted by Crippen LogP contribution is -2.27. The zero-order valence-electron chi connectivity index (χ0n) is 5.69. The minimum absolute atomic E-state index is 0.779. The number of rotatable bonds is 2. The van der Waals surface area contributed by atoms with E-state index in [0.29, 0.717) is 0 Å². The van der Waals surface area contributed by atoms with E-state index < -0.39 is 8.25 Å². The van der Waals surface area contributed by atoms with E-state index in [2.05, 4.69) is 4.62 Å². The van der Waals surface area contributed by atoms with Crippen LogP contribution in [0.3, 0.4) is 0 Å². The van der Waals surface area contributed by atoms with E-state index in [1.165, 1.54) is 6.42 Å². The van der Waals surface area contributed by atoms with E-state index >= 15 is 0 Å². The van der Waals surface area contributed by atoms with Gasteiger partial charge in [0.1, 0.15) is 0 Å². The molecule has 0 amide bonds. The fourth-order valence-corrected chi connectivity index (χ4v) is 1.41. The molecule has 1 rings (SSSR count). The van der Waals surface area contributed by atoms with Gasteiger partial charge in [0.25, 0.3) is 0 Å². The molecule has 5 heteroatoms. The molecule has 58 valence electrons. The zero-order chi connectivity index (χ0) is 7.40. The third-order valence-electron chi connectivity index (χ3n) is 1.50. The van der Waals surface area contributed by atoms with Crippen LogP contribution in [0.4, 0.5) is 0 Å². The van der Waals surface area contributed by atoms with Gasteiger partial charge >= 0.3 is 8.25 Å². The van der Waals surface area contributed by atoms with Crippen molar-refractivity contribution in [2.45, 2.75) is 19.3 Å². The van der Waals surface area contributed by atoms with Crippen molar-refractivity contribution < 1.29 is 14.1 Å². The van der Waals surface area contributed by atoms with Gasteiger partial charge in [0.2, 0.25) is 0 Å². The first-order valence-corrected chi connectivity index (χ1v) is 4.51. The molecular formula is C5H11NO3P+. The van der Waals surface area contributed by atoms with Crippen molar-refractivity contribution in [1.29, 1.82) is 0 Å². The molecule has 0 aromatic rings. The largest absolute Gasteiger partial charge is 0.713 e. The van der Waals surface area contributed by atoms with Crippen LogP contribution in [0, 0.1) is 0 Å². The molecule has 0 aliphatic carbocycles. The summed E-state index contributed by atoms with van der Waals surface area (Å²) in [4.78, 5) is 8.35. The molecule has 0 aromatic heterocycles. The van der Waals surface area contributed by atoms with Crippen molar-refractivity contribution >= 4 is 8.25 Å². The molecule has 1 unspecified atom stereocenters. The first-order valence-electron chi connectivity index (χ1n) is 3.38. The summed E-state index contributed by atoms with van der Waals surface area (Å²) >= 11 is 0. The molecule has 1 heterocycles. The van der Waals surface area contributed by atoms with Gasteiger partial charge in [-0.2, -0.15) is 0 Å². The SMILES string of the molecule is O=[P+](O)ON1CCCCC1. The molecule has 0 spiro atoms. The Hall–Kier alpha value is -0.0200. The standard InChI is InChI=1S/C5H10NO3P/c7-10(8)9-6-4-2-1-3-5-6/h1-5H2/p+1. The average molecular weight is 164 g/mol. The summed E-state index contributed by atoms with van der Waals surface area (Å²) in [5.74, 6) is 0. The van der Waals surface area contributed by atoms with E-state index in [-0.39, 0.29) is 0 Å². The maximum absolute atomic E-state index is 10.2. The lowest BCUT2D eigenvalue weighted by Gasteiger charge is -2.18. The van der Waals surface area contributed by atoms with Crippen LogP contribution in [-0.2, 0) is 9.19 Å². The van der Waals surface area contributed by atoms with Crippen molar-refractivity contribution in [3.05, 3.63) is 0 Å². The molecule has 1 atom stereocenters. The van der Waals surface area contributed by atoms with Gasteiger partial charge < -0.3 is 0 Å². The second-order valence-corrected chi connectivity index (χ2v) is 2.95. The first kappa shape index (κ1) is 8.08. The summed E-state index contributed by atoms with van der Waals surface area (Å²) in [6.45, 7) is 1.56. The highest BCUT2D eigenvalue weighted by Gasteiger charge is 2.21. The molecule has 4 nitrogen and oxygen atoms in total. The number of nitrogens with zero attached hydrogens (tertiary/aromatic N) is 1. The van der Waals surface area contributed by atoms with Crippen LogP contribution in [0.25, 0.3) is 0 Å². The van der Waals surface area contributed by atoms with Crippen LogP contribution in [0.2, 0.25) is 0 Å². The van der Waals surface area contributed by atoms with Gasteiger partial charge in [-0.25, -0.2) is 0 Å². The molecular weight excluding hydrogens is 153 g/mol. The van der Waals surface area contributed by atoms with Gasteiger partial charge in [0, 0.05) is 17.7 Å². The Bertz CT molecular complexity index is 124. The highest BCUT2D eigenvalue weighted by Crippen LogP contribution is 2.20. The second kappa shape index (κ2) is 3.98. The highest BCUT2D eigenvalue weighted by molar-refractivity contribution is 7.32. The van der Waals surface area contributed by atoms with Gasteiger partial charge in [-0.05, 0) is 17.5 Å². The molecule has 0 radical (unpaired) electrons. The van der Waals surface area contributed by atoms with Crippen LogP contribution in [0.15, 0.2) is 0 Å². The van der Waals surface area contributed by atoms with Gasteiger partial charge in [0.15, 0.2) is 0 Å². The van der Waals surface area contributed by atoms with Crippen molar-refractivity contribution in [1.82, 2.24) is 5.06 Å². The topological polar surface area (TPSA) is 49.8 Å². The summed E-state index contributed by atoms with van der Waals surface area (Å²) in [5.41, 5.74) is 0. The number of piperidine rings is 1. The Morgan fingerprint density at radius 1 is 1.30 bits per heavy atom. The fraction of sp³-hybridized carbons (Fsp3) is 1.00. The molecule has 1 fully saturated rings. The van der Waals surface area contributed by atoms with Gasteiger partial charge in [-0.3, -0.25) is 0 Å². The quantitative estimate of drug-likeness (QED) is 0.620. The van der Waals surface area contributed by atoms with Crippen LogP contribution >= 0.6 is 8.25 Å². The predicted molar refractivity (Wildman–Crippen MR) is 36.3 cm³/mol.